The third-order valence-electron chi connectivity index (χ3n) is 2.81. The zero-order valence-corrected chi connectivity index (χ0v) is 10.8. The SMILES string of the molecule is CCN(CC)CCOc1cc(B(O)O)ccc1F. The van der Waals surface area contributed by atoms with Crippen molar-refractivity contribution in [2.75, 3.05) is 26.2 Å². The van der Waals surface area contributed by atoms with Gasteiger partial charge < -0.3 is 19.7 Å². The van der Waals surface area contributed by atoms with Gasteiger partial charge in [-0.05, 0) is 30.7 Å². The minimum atomic E-state index is -1.62. The molecular formula is C12H19BFNO3. The molecule has 0 saturated carbocycles. The Hall–Kier alpha value is -1.11. The van der Waals surface area contributed by atoms with E-state index in [1.165, 1.54) is 18.2 Å². The molecule has 0 bridgehead atoms. The third-order valence-corrected chi connectivity index (χ3v) is 2.81. The normalized spacial score (nSPS) is 10.8. The first-order valence-electron chi connectivity index (χ1n) is 6.09. The van der Waals surface area contributed by atoms with E-state index in [1.54, 1.807) is 0 Å². The van der Waals surface area contributed by atoms with Gasteiger partial charge in [0, 0.05) is 6.54 Å². The van der Waals surface area contributed by atoms with Crippen molar-refractivity contribution in [1.29, 1.82) is 0 Å². The summed E-state index contributed by atoms with van der Waals surface area (Å²) in [6, 6.07) is 3.79. The minimum Gasteiger partial charge on any atom is -0.489 e. The smallest absolute Gasteiger partial charge is 0.488 e. The molecule has 2 N–H and O–H groups in total. The van der Waals surface area contributed by atoms with Crippen molar-refractivity contribution in [2.45, 2.75) is 13.8 Å². The van der Waals surface area contributed by atoms with Crippen LogP contribution in [0.1, 0.15) is 13.8 Å². The number of benzene rings is 1. The van der Waals surface area contributed by atoms with Crippen LogP contribution in [0.3, 0.4) is 0 Å². The average Bonchev–Trinajstić information content (AvgIpc) is 2.36. The van der Waals surface area contributed by atoms with Crippen LogP contribution >= 0.6 is 0 Å². The molecule has 0 fully saturated rings. The van der Waals surface area contributed by atoms with E-state index in [0.29, 0.717) is 13.2 Å². The lowest BCUT2D eigenvalue weighted by Gasteiger charge is -2.18. The van der Waals surface area contributed by atoms with Gasteiger partial charge in [0.05, 0.1) is 0 Å². The van der Waals surface area contributed by atoms with Crippen molar-refractivity contribution in [2.24, 2.45) is 0 Å². The molecule has 0 aliphatic carbocycles. The molecule has 1 aromatic carbocycles. The highest BCUT2D eigenvalue weighted by Gasteiger charge is 2.14. The van der Waals surface area contributed by atoms with E-state index in [9.17, 15) is 4.39 Å². The number of hydrogen-bond donors (Lipinski definition) is 2. The summed E-state index contributed by atoms with van der Waals surface area (Å²) in [6.07, 6.45) is 0. The summed E-state index contributed by atoms with van der Waals surface area (Å²) in [5.74, 6) is -0.452. The molecule has 0 aromatic heterocycles. The van der Waals surface area contributed by atoms with E-state index in [1.807, 2.05) is 13.8 Å². The zero-order valence-electron chi connectivity index (χ0n) is 10.8. The molecule has 0 saturated heterocycles. The molecule has 1 rings (SSSR count). The number of hydrogen-bond acceptors (Lipinski definition) is 4. The van der Waals surface area contributed by atoms with Crippen molar-refractivity contribution in [3.8, 4) is 5.75 Å². The maximum atomic E-state index is 13.4. The second-order valence-electron chi connectivity index (χ2n) is 3.94. The molecule has 0 aliphatic heterocycles. The highest BCUT2D eigenvalue weighted by atomic mass is 19.1. The number of halogens is 1. The number of rotatable bonds is 7. The van der Waals surface area contributed by atoms with Gasteiger partial charge in [-0.1, -0.05) is 19.9 Å². The summed E-state index contributed by atoms with van der Waals surface area (Å²) >= 11 is 0. The maximum absolute atomic E-state index is 13.4. The molecule has 1 aromatic rings. The Balaban J connectivity index is 2.58. The number of nitrogens with zero attached hydrogens (tertiary/aromatic N) is 1. The fourth-order valence-electron chi connectivity index (χ4n) is 1.62. The second kappa shape index (κ2) is 7.36. The highest BCUT2D eigenvalue weighted by Crippen LogP contribution is 2.14. The largest absolute Gasteiger partial charge is 0.489 e. The summed E-state index contributed by atoms with van der Waals surface area (Å²) in [7, 11) is -1.62. The quantitative estimate of drug-likeness (QED) is 0.685. The standard InChI is InChI=1S/C12H19BFNO3/c1-3-15(4-2)7-8-18-12-9-10(13(16)17)5-6-11(12)14/h5-6,9,16-17H,3-4,7-8H2,1-2H3. The molecule has 0 unspecified atom stereocenters. The van der Waals surface area contributed by atoms with E-state index in [2.05, 4.69) is 4.90 Å². The summed E-state index contributed by atoms with van der Waals surface area (Å²) in [5, 5.41) is 18.0. The Labute approximate surface area is 107 Å². The molecular weight excluding hydrogens is 236 g/mol. The zero-order chi connectivity index (χ0) is 13.5. The average molecular weight is 255 g/mol. The predicted octanol–water partition coefficient (Wildman–Crippen LogP) is 0.226. The lowest BCUT2D eigenvalue weighted by atomic mass is 9.80. The van der Waals surface area contributed by atoms with Crippen LogP contribution in [0, 0.1) is 5.82 Å². The van der Waals surface area contributed by atoms with E-state index in [-0.39, 0.29) is 11.2 Å². The van der Waals surface area contributed by atoms with Crippen molar-refractivity contribution < 1.29 is 19.2 Å². The van der Waals surface area contributed by atoms with Gasteiger partial charge in [0.2, 0.25) is 0 Å². The fourth-order valence-corrected chi connectivity index (χ4v) is 1.62. The first-order valence-corrected chi connectivity index (χ1v) is 6.09. The van der Waals surface area contributed by atoms with E-state index >= 15 is 0 Å². The Morgan fingerprint density at radius 3 is 2.50 bits per heavy atom. The first kappa shape index (κ1) is 15.0. The van der Waals surface area contributed by atoms with E-state index in [0.717, 1.165) is 13.1 Å². The summed E-state index contributed by atoms with van der Waals surface area (Å²) in [6.45, 7) is 7.00. The van der Waals surface area contributed by atoms with Gasteiger partial charge >= 0.3 is 7.12 Å². The van der Waals surface area contributed by atoms with E-state index in [4.69, 9.17) is 14.8 Å². The molecule has 0 amide bonds. The van der Waals surface area contributed by atoms with Crippen molar-refractivity contribution in [3.63, 3.8) is 0 Å². The molecule has 18 heavy (non-hydrogen) atoms. The first-order chi connectivity index (χ1) is 8.58. The van der Waals surface area contributed by atoms with Crippen molar-refractivity contribution >= 4 is 12.6 Å². The topological polar surface area (TPSA) is 52.9 Å². The number of ether oxygens (including phenoxy) is 1. The summed E-state index contributed by atoms with van der Waals surface area (Å²) < 4.78 is 18.7. The van der Waals surface area contributed by atoms with Crippen LogP contribution < -0.4 is 10.2 Å². The van der Waals surface area contributed by atoms with Crippen LogP contribution in [0.5, 0.6) is 5.75 Å². The molecule has 100 valence electrons. The molecule has 0 aliphatic rings. The Kier molecular flexibility index (Phi) is 6.11. The van der Waals surface area contributed by atoms with E-state index < -0.39 is 12.9 Å². The lowest BCUT2D eigenvalue weighted by molar-refractivity contribution is 0.217. The van der Waals surface area contributed by atoms with Crippen LogP contribution in [-0.2, 0) is 0 Å². The van der Waals surface area contributed by atoms with Gasteiger partial charge in [-0.25, -0.2) is 4.39 Å². The van der Waals surface area contributed by atoms with Crippen molar-refractivity contribution in [3.05, 3.63) is 24.0 Å². The van der Waals surface area contributed by atoms with Crippen LogP contribution in [0.15, 0.2) is 18.2 Å². The predicted molar refractivity (Wildman–Crippen MR) is 69.5 cm³/mol. The minimum absolute atomic E-state index is 0.0488. The Bertz CT molecular complexity index is 372. The molecule has 0 spiro atoms. The van der Waals surface area contributed by atoms with Gasteiger partial charge in [0.15, 0.2) is 11.6 Å². The van der Waals surface area contributed by atoms with Crippen LogP contribution in [0.25, 0.3) is 0 Å². The second-order valence-corrected chi connectivity index (χ2v) is 3.94. The van der Waals surface area contributed by atoms with Crippen LogP contribution in [-0.4, -0.2) is 48.3 Å². The third kappa shape index (κ3) is 4.29. The van der Waals surface area contributed by atoms with Gasteiger partial charge in [0.1, 0.15) is 6.61 Å². The van der Waals surface area contributed by atoms with Crippen LogP contribution in [0.2, 0.25) is 0 Å². The number of likely N-dealkylation sites (N-methyl/N-ethyl adjacent to an activating group) is 1. The molecule has 0 heterocycles. The molecule has 0 atom stereocenters. The van der Waals surface area contributed by atoms with Gasteiger partial charge in [-0.2, -0.15) is 0 Å². The van der Waals surface area contributed by atoms with Gasteiger partial charge in [-0.15, -0.1) is 0 Å². The monoisotopic (exact) mass is 255 g/mol. The Morgan fingerprint density at radius 2 is 1.94 bits per heavy atom. The molecule has 0 radical (unpaired) electrons. The Morgan fingerprint density at radius 1 is 1.28 bits per heavy atom. The van der Waals surface area contributed by atoms with Crippen molar-refractivity contribution in [1.82, 2.24) is 4.90 Å². The summed E-state index contributed by atoms with van der Waals surface area (Å²) in [5.41, 5.74) is 0.217. The van der Waals surface area contributed by atoms with Crippen LogP contribution in [0.4, 0.5) is 4.39 Å². The lowest BCUT2D eigenvalue weighted by Crippen LogP contribution is -2.30. The summed E-state index contributed by atoms with van der Waals surface area (Å²) in [4.78, 5) is 2.16. The highest BCUT2D eigenvalue weighted by molar-refractivity contribution is 6.58. The molecule has 4 nitrogen and oxygen atoms in total. The molecule has 6 heteroatoms. The fraction of sp³-hybridized carbons (Fsp3) is 0.500. The van der Waals surface area contributed by atoms with Gasteiger partial charge in [-0.3, -0.25) is 0 Å². The van der Waals surface area contributed by atoms with Gasteiger partial charge in [0.25, 0.3) is 0 Å². The maximum Gasteiger partial charge on any atom is 0.488 e.